The van der Waals surface area contributed by atoms with E-state index in [9.17, 15) is 9.59 Å². The van der Waals surface area contributed by atoms with Crippen LogP contribution < -0.4 is 0 Å². The molecule has 0 spiro atoms. The van der Waals surface area contributed by atoms with Gasteiger partial charge in [-0.1, -0.05) is 54.6 Å². The number of amides is 1. The van der Waals surface area contributed by atoms with Crippen molar-refractivity contribution in [1.82, 2.24) is 4.90 Å². The molecule has 1 aromatic carbocycles. The molecule has 1 aliphatic rings. The van der Waals surface area contributed by atoms with Gasteiger partial charge in [0.05, 0.1) is 15.8 Å². The first-order chi connectivity index (χ1) is 12.4. The Kier molecular flexibility index (Phi) is 5.50. The summed E-state index contributed by atoms with van der Waals surface area (Å²) in [5.41, 5.74) is 0.761. The number of nitrogens with zero attached hydrogens (tertiary/aromatic N) is 1. The summed E-state index contributed by atoms with van der Waals surface area (Å²) in [6, 6.07) is 10.8. The van der Waals surface area contributed by atoms with E-state index in [2.05, 4.69) is 0 Å². The minimum Gasteiger partial charge on any atom is -0.481 e. The van der Waals surface area contributed by atoms with Crippen molar-refractivity contribution < 1.29 is 19.1 Å². The highest BCUT2D eigenvalue weighted by atomic mass is 35.5. The summed E-state index contributed by atoms with van der Waals surface area (Å²) in [7, 11) is 0. The van der Waals surface area contributed by atoms with Gasteiger partial charge in [-0.15, -0.1) is 0 Å². The van der Waals surface area contributed by atoms with Crippen molar-refractivity contribution in [1.29, 1.82) is 0 Å². The molecule has 2 heterocycles. The highest BCUT2D eigenvalue weighted by Gasteiger charge is 2.34. The normalized spacial score (nSPS) is 17.2. The summed E-state index contributed by atoms with van der Waals surface area (Å²) >= 11 is 12.5. The lowest BCUT2D eigenvalue weighted by Crippen LogP contribution is -2.34. The smallest absolute Gasteiger partial charge is 0.308 e. The summed E-state index contributed by atoms with van der Waals surface area (Å²) in [6.45, 7) is 1.58. The van der Waals surface area contributed by atoms with Crippen LogP contribution in [0.1, 0.15) is 12.7 Å². The maximum atomic E-state index is 12.5. The van der Waals surface area contributed by atoms with Crippen LogP contribution in [0.15, 0.2) is 45.7 Å². The number of carboxylic acids is 1. The number of hydrogen-bond acceptors (Lipinski definition) is 5. The van der Waals surface area contributed by atoms with Crippen molar-refractivity contribution in [2.45, 2.75) is 6.92 Å². The Morgan fingerprint density at radius 3 is 2.81 bits per heavy atom. The molecule has 26 heavy (non-hydrogen) atoms. The zero-order chi connectivity index (χ0) is 18.8. The minimum atomic E-state index is -0.974. The van der Waals surface area contributed by atoms with Gasteiger partial charge in [0, 0.05) is 18.2 Å². The van der Waals surface area contributed by atoms with E-state index in [1.807, 2.05) is 18.2 Å². The summed E-state index contributed by atoms with van der Waals surface area (Å²) in [5, 5.41) is 9.59. The predicted molar refractivity (Wildman–Crippen MR) is 106 cm³/mol. The van der Waals surface area contributed by atoms with Crippen LogP contribution in [0.2, 0.25) is 5.02 Å². The molecule has 134 valence electrons. The van der Waals surface area contributed by atoms with Crippen LogP contribution in [0.3, 0.4) is 0 Å². The number of carbonyl (C=O) groups excluding carboxylic acids is 1. The molecule has 1 saturated heterocycles. The molecule has 0 aliphatic carbocycles. The van der Waals surface area contributed by atoms with E-state index >= 15 is 0 Å². The molecule has 1 fully saturated rings. The second-order valence-electron chi connectivity index (χ2n) is 5.71. The standard InChI is InChI=1S/C18H14ClNO4S2/c1-10(17(22)23)9-20-16(21)15(26-18(20)25)8-11-6-7-14(24-11)12-4-2-3-5-13(12)19/h2-8,10H,9H2,1H3,(H,22,23)/b15-8-. The van der Waals surface area contributed by atoms with E-state index in [4.69, 9.17) is 33.3 Å². The number of aliphatic carboxylic acids is 1. The van der Waals surface area contributed by atoms with Gasteiger partial charge < -0.3 is 9.52 Å². The molecule has 2 aromatic rings. The molecule has 1 aliphatic heterocycles. The molecular weight excluding hydrogens is 394 g/mol. The number of carbonyl (C=O) groups is 2. The Labute approximate surface area is 164 Å². The molecular formula is C18H14ClNO4S2. The van der Waals surface area contributed by atoms with Gasteiger partial charge in [-0.05, 0) is 24.3 Å². The van der Waals surface area contributed by atoms with E-state index in [0.29, 0.717) is 25.8 Å². The van der Waals surface area contributed by atoms with Gasteiger partial charge in [0.2, 0.25) is 0 Å². The second kappa shape index (κ2) is 7.65. The van der Waals surface area contributed by atoms with Crippen LogP contribution in [-0.2, 0) is 9.59 Å². The number of thiocarbonyl (C=S) groups is 1. The zero-order valence-electron chi connectivity index (χ0n) is 13.6. The molecule has 8 heteroatoms. The van der Waals surface area contributed by atoms with E-state index in [0.717, 1.165) is 17.3 Å². The van der Waals surface area contributed by atoms with Gasteiger partial charge in [-0.25, -0.2) is 0 Å². The Balaban J connectivity index is 1.81. The lowest BCUT2D eigenvalue weighted by Gasteiger charge is -2.16. The molecule has 1 unspecified atom stereocenters. The van der Waals surface area contributed by atoms with Crippen molar-refractivity contribution in [3.05, 3.63) is 52.1 Å². The first kappa shape index (κ1) is 18.7. The number of carboxylic acid groups (broad SMARTS) is 1. The molecule has 1 atom stereocenters. The van der Waals surface area contributed by atoms with Crippen LogP contribution >= 0.6 is 35.6 Å². The molecule has 1 aromatic heterocycles. The third-order valence-corrected chi connectivity index (χ3v) is 5.50. The van der Waals surface area contributed by atoms with Gasteiger partial charge in [-0.2, -0.15) is 0 Å². The van der Waals surface area contributed by atoms with Crippen molar-refractivity contribution >= 4 is 57.9 Å². The molecule has 5 nitrogen and oxygen atoms in total. The van der Waals surface area contributed by atoms with Crippen LogP contribution in [0.4, 0.5) is 0 Å². The topological polar surface area (TPSA) is 70.8 Å². The highest BCUT2D eigenvalue weighted by molar-refractivity contribution is 8.26. The van der Waals surface area contributed by atoms with E-state index in [-0.39, 0.29) is 12.5 Å². The average molecular weight is 408 g/mol. The number of furan rings is 1. The van der Waals surface area contributed by atoms with E-state index in [1.165, 1.54) is 11.8 Å². The number of benzene rings is 1. The quantitative estimate of drug-likeness (QED) is 0.580. The summed E-state index contributed by atoms with van der Waals surface area (Å²) in [6.07, 6.45) is 1.60. The largest absolute Gasteiger partial charge is 0.481 e. The number of halogens is 1. The molecule has 1 N–H and O–H groups in total. The first-order valence-electron chi connectivity index (χ1n) is 7.69. The van der Waals surface area contributed by atoms with Crippen molar-refractivity contribution in [3.63, 3.8) is 0 Å². The van der Waals surface area contributed by atoms with Gasteiger partial charge in [0.25, 0.3) is 5.91 Å². The first-order valence-corrected chi connectivity index (χ1v) is 9.30. The molecule has 1 amide bonds. The zero-order valence-corrected chi connectivity index (χ0v) is 16.0. The average Bonchev–Trinajstić information content (AvgIpc) is 3.15. The van der Waals surface area contributed by atoms with Crippen LogP contribution in [0.5, 0.6) is 0 Å². The fourth-order valence-electron chi connectivity index (χ4n) is 2.37. The van der Waals surface area contributed by atoms with Gasteiger partial charge in [0.15, 0.2) is 0 Å². The van der Waals surface area contributed by atoms with Crippen LogP contribution in [0, 0.1) is 5.92 Å². The molecule has 0 radical (unpaired) electrons. The summed E-state index contributed by atoms with van der Waals surface area (Å²) in [5.74, 6) is -0.905. The Morgan fingerprint density at radius 1 is 1.38 bits per heavy atom. The summed E-state index contributed by atoms with van der Waals surface area (Å²) in [4.78, 5) is 25.2. The minimum absolute atomic E-state index is 0.0420. The summed E-state index contributed by atoms with van der Waals surface area (Å²) < 4.78 is 6.11. The van der Waals surface area contributed by atoms with Crippen LogP contribution in [0.25, 0.3) is 17.4 Å². The second-order valence-corrected chi connectivity index (χ2v) is 7.80. The fraction of sp³-hybridized carbons (Fsp3) is 0.167. The molecule has 3 rings (SSSR count). The Morgan fingerprint density at radius 2 is 2.12 bits per heavy atom. The maximum absolute atomic E-state index is 12.5. The van der Waals surface area contributed by atoms with Crippen molar-refractivity contribution in [2.75, 3.05) is 6.54 Å². The van der Waals surface area contributed by atoms with Crippen molar-refractivity contribution in [3.8, 4) is 11.3 Å². The monoisotopic (exact) mass is 407 g/mol. The van der Waals surface area contributed by atoms with E-state index in [1.54, 1.807) is 24.3 Å². The van der Waals surface area contributed by atoms with Gasteiger partial charge in [-0.3, -0.25) is 14.5 Å². The predicted octanol–water partition coefficient (Wildman–Crippen LogP) is 4.52. The van der Waals surface area contributed by atoms with Gasteiger partial charge >= 0.3 is 5.97 Å². The van der Waals surface area contributed by atoms with Crippen molar-refractivity contribution in [2.24, 2.45) is 5.92 Å². The number of thioether (sulfide) groups is 1. The molecule has 0 saturated carbocycles. The fourth-order valence-corrected chi connectivity index (χ4v) is 3.86. The van der Waals surface area contributed by atoms with Crippen LogP contribution in [-0.4, -0.2) is 32.7 Å². The Hall–Kier alpha value is -2.09. The third-order valence-electron chi connectivity index (χ3n) is 3.79. The third kappa shape index (κ3) is 3.85. The van der Waals surface area contributed by atoms with E-state index < -0.39 is 11.9 Å². The number of rotatable bonds is 5. The highest BCUT2D eigenvalue weighted by Crippen LogP contribution is 2.35. The number of hydrogen-bond donors (Lipinski definition) is 1. The molecule has 0 bridgehead atoms. The lowest BCUT2D eigenvalue weighted by molar-refractivity contribution is -0.141. The maximum Gasteiger partial charge on any atom is 0.308 e. The SMILES string of the molecule is CC(CN1C(=O)/C(=C/c2ccc(-c3ccccc3Cl)o2)SC1=S)C(=O)O. The Bertz CT molecular complexity index is 921. The lowest BCUT2D eigenvalue weighted by atomic mass is 10.2. The van der Waals surface area contributed by atoms with Gasteiger partial charge in [0.1, 0.15) is 15.8 Å².